The number of aliphatic hydroxyl groups excluding tert-OH is 1. The molecule has 0 spiro atoms. The van der Waals surface area contributed by atoms with Crippen LogP contribution in [-0.4, -0.2) is 47.3 Å². The van der Waals surface area contributed by atoms with E-state index in [1.54, 1.807) is 0 Å². The van der Waals surface area contributed by atoms with Gasteiger partial charge in [0.2, 0.25) is 11.9 Å². The highest BCUT2D eigenvalue weighted by Crippen LogP contribution is 2.25. The largest absolute Gasteiger partial charge is 0.497 e. The molecule has 1 heterocycles. The summed E-state index contributed by atoms with van der Waals surface area (Å²) >= 11 is 0. The van der Waals surface area contributed by atoms with Gasteiger partial charge in [-0.05, 0) is 12.8 Å². The van der Waals surface area contributed by atoms with E-state index in [9.17, 15) is 9.90 Å². The van der Waals surface area contributed by atoms with Crippen molar-refractivity contribution in [2.24, 2.45) is 0 Å². The van der Waals surface area contributed by atoms with Crippen molar-refractivity contribution in [3.63, 3.8) is 0 Å². The molecule has 0 saturated heterocycles. The lowest BCUT2D eigenvalue weighted by atomic mass is 10.1. The molecule has 1 atom stereocenters. The Bertz CT molecular complexity index is 628. The van der Waals surface area contributed by atoms with Gasteiger partial charge >= 0.3 is 0 Å². The van der Waals surface area contributed by atoms with Crippen molar-refractivity contribution in [2.75, 3.05) is 31.0 Å². The number of aromatic nitrogens is 2. The monoisotopic (exact) mass is 364 g/mol. The molecule has 0 fully saturated rings. The predicted molar refractivity (Wildman–Crippen MR) is 101 cm³/mol. The summed E-state index contributed by atoms with van der Waals surface area (Å²) in [5, 5.41) is 15.1. The highest BCUT2D eigenvalue weighted by Gasteiger charge is 2.15. The first kappa shape index (κ1) is 21.4. The van der Waals surface area contributed by atoms with Crippen molar-refractivity contribution in [3.05, 3.63) is 30.7 Å². The third-order valence-electron chi connectivity index (χ3n) is 3.54. The van der Waals surface area contributed by atoms with Crippen LogP contribution in [0, 0.1) is 0 Å². The minimum Gasteiger partial charge on any atom is -0.497 e. The second-order valence-corrected chi connectivity index (χ2v) is 5.75. The second kappa shape index (κ2) is 11.1. The van der Waals surface area contributed by atoms with Gasteiger partial charge in [-0.1, -0.05) is 26.5 Å². The zero-order valence-corrected chi connectivity index (χ0v) is 15.7. The zero-order valence-electron chi connectivity index (χ0n) is 15.7. The molecular formula is C18H28N4O4. The summed E-state index contributed by atoms with van der Waals surface area (Å²) in [5.41, 5.74) is 0.588. The van der Waals surface area contributed by atoms with Crippen LogP contribution in [0.2, 0.25) is 0 Å². The van der Waals surface area contributed by atoms with Crippen molar-refractivity contribution in [2.45, 2.75) is 39.2 Å². The topological polar surface area (TPSA) is 106 Å². The molecule has 26 heavy (non-hydrogen) atoms. The number of anilines is 2. The number of nitrogens with one attached hydrogen (secondary N) is 2. The highest BCUT2D eigenvalue weighted by atomic mass is 16.5. The van der Waals surface area contributed by atoms with Gasteiger partial charge in [0, 0.05) is 25.1 Å². The fourth-order valence-electron chi connectivity index (χ4n) is 2.17. The average molecular weight is 364 g/mol. The van der Waals surface area contributed by atoms with Crippen LogP contribution in [-0.2, 0) is 9.53 Å². The summed E-state index contributed by atoms with van der Waals surface area (Å²) < 4.78 is 10.8. The summed E-state index contributed by atoms with van der Waals surface area (Å²) in [4.78, 5) is 19.6. The number of aliphatic hydroxyl groups is 1. The Kier molecular flexibility index (Phi) is 9.14. The van der Waals surface area contributed by atoms with E-state index in [2.05, 4.69) is 40.7 Å². The predicted octanol–water partition coefficient (Wildman–Crippen LogP) is 2.49. The summed E-state index contributed by atoms with van der Waals surface area (Å²) in [6, 6.07) is 0.0181. The van der Waals surface area contributed by atoms with E-state index in [1.165, 1.54) is 20.2 Å². The number of hydrogen-bond donors (Lipinski definition) is 3. The van der Waals surface area contributed by atoms with E-state index in [1.807, 2.05) is 0 Å². The molecule has 1 amide bonds. The normalized spacial score (nSPS) is 11.4. The maximum absolute atomic E-state index is 11.2. The molecule has 1 rings (SSSR count). The first-order chi connectivity index (χ1) is 12.4. The van der Waals surface area contributed by atoms with E-state index >= 15 is 0 Å². The molecule has 0 aliphatic rings. The summed E-state index contributed by atoms with van der Waals surface area (Å²) in [6.07, 6.45) is 3.85. The Morgan fingerprint density at radius 1 is 1.38 bits per heavy atom. The maximum atomic E-state index is 11.2. The van der Waals surface area contributed by atoms with Crippen molar-refractivity contribution in [1.29, 1.82) is 0 Å². The fourth-order valence-corrected chi connectivity index (χ4v) is 2.17. The molecule has 1 aromatic heterocycles. The van der Waals surface area contributed by atoms with E-state index in [0.29, 0.717) is 29.3 Å². The van der Waals surface area contributed by atoms with Crippen LogP contribution in [0.5, 0.6) is 5.75 Å². The van der Waals surface area contributed by atoms with Crippen molar-refractivity contribution in [1.82, 2.24) is 9.97 Å². The summed E-state index contributed by atoms with van der Waals surface area (Å²) in [5.74, 6) is 1.18. The third kappa shape index (κ3) is 7.10. The van der Waals surface area contributed by atoms with E-state index < -0.39 is 0 Å². The van der Waals surface area contributed by atoms with Gasteiger partial charge in [0.05, 0.1) is 13.3 Å². The molecule has 8 heteroatoms. The van der Waals surface area contributed by atoms with Crippen LogP contribution < -0.4 is 15.4 Å². The van der Waals surface area contributed by atoms with Crippen molar-refractivity contribution < 1.29 is 19.4 Å². The molecule has 3 N–H and O–H groups in total. The molecule has 8 nitrogen and oxygen atoms in total. The Morgan fingerprint density at radius 2 is 2.12 bits per heavy atom. The Balaban J connectivity index is 3.00. The second-order valence-electron chi connectivity index (χ2n) is 5.75. The van der Waals surface area contributed by atoms with Crippen LogP contribution >= 0.6 is 0 Å². The molecule has 0 aliphatic carbocycles. The Labute approximate surface area is 154 Å². The average Bonchev–Trinajstić information content (AvgIpc) is 2.60. The number of hydrogen-bond acceptors (Lipinski definition) is 7. The quantitative estimate of drug-likeness (QED) is 0.386. The Morgan fingerprint density at radius 3 is 2.69 bits per heavy atom. The van der Waals surface area contributed by atoms with E-state index in [0.717, 1.165) is 12.8 Å². The van der Waals surface area contributed by atoms with Crippen molar-refractivity contribution >= 4 is 17.7 Å². The third-order valence-corrected chi connectivity index (χ3v) is 3.54. The summed E-state index contributed by atoms with van der Waals surface area (Å²) in [7, 11) is 1.51. The zero-order chi connectivity index (χ0) is 19.5. The lowest BCUT2D eigenvalue weighted by Gasteiger charge is -2.20. The van der Waals surface area contributed by atoms with Crippen LogP contribution in [0.25, 0.3) is 0 Å². The van der Waals surface area contributed by atoms with Gasteiger partial charge in [-0.3, -0.25) is 10.1 Å². The molecule has 144 valence electrons. The van der Waals surface area contributed by atoms with Gasteiger partial charge < -0.3 is 19.9 Å². The number of methoxy groups -OCH3 is 1. The van der Waals surface area contributed by atoms with Gasteiger partial charge in [0.25, 0.3) is 0 Å². The maximum Gasteiger partial charge on any atom is 0.231 e. The number of amides is 1. The first-order valence-corrected chi connectivity index (χ1v) is 8.47. The molecule has 0 saturated carbocycles. The van der Waals surface area contributed by atoms with E-state index in [-0.39, 0.29) is 31.1 Å². The number of nitrogens with zero attached hydrogens (tertiary/aromatic N) is 2. The number of rotatable bonds is 12. The minimum absolute atomic E-state index is 0.0181. The molecule has 0 aromatic carbocycles. The fraction of sp³-hybridized carbons (Fsp3) is 0.500. The van der Waals surface area contributed by atoms with Gasteiger partial charge in [-0.25, -0.2) is 4.98 Å². The molecule has 1 aromatic rings. The lowest BCUT2D eigenvalue weighted by Crippen LogP contribution is -2.23. The van der Waals surface area contributed by atoms with Gasteiger partial charge in [0.15, 0.2) is 11.6 Å². The van der Waals surface area contributed by atoms with Crippen LogP contribution in [0.1, 0.15) is 33.1 Å². The molecular weight excluding hydrogens is 336 g/mol. The SMILES string of the molecule is C=C(COc1cnc(NC(C)=O)nc1NC(CCC)CCO)C(=C)OC. The molecule has 1 unspecified atom stereocenters. The number of carbonyl (C=O) groups excluding carboxylic acids is 1. The van der Waals surface area contributed by atoms with Crippen LogP contribution in [0.3, 0.4) is 0 Å². The summed E-state index contributed by atoms with van der Waals surface area (Å²) in [6.45, 7) is 11.2. The standard InChI is InChI=1S/C18H28N4O4/c1-6-7-15(8-9-23)21-17-16(26-11-12(2)13(3)25-5)10-19-18(22-17)20-14(4)24/h10,15,23H,2-3,6-9,11H2,1,4-5H3,(H2,19,20,21,22,24). The van der Waals surface area contributed by atoms with Gasteiger partial charge in [0.1, 0.15) is 12.4 Å². The lowest BCUT2D eigenvalue weighted by molar-refractivity contribution is -0.114. The minimum atomic E-state index is -0.269. The Hall–Kier alpha value is -2.61. The molecule has 0 bridgehead atoms. The van der Waals surface area contributed by atoms with Crippen LogP contribution in [0.15, 0.2) is 30.7 Å². The number of ether oxygens (including phenoxy) is 2. The van der Waals surface area contributed by atoms with E-state index in [4.69, 9.17) is 9.47 Å². The molecule has 0 aliphatic heterocycles. The smallest absolute Gasteiger partial charge is 0.231 e. The van der Waals surface area contributed by atoms with Crippen molar-refractivity contribution in [3.8, 4) is 5.75 Å². The number of carbonyl (C=O) groups is 1. The van der Waals surface area contributed by atoms with Gasteiger partial charge in [-0.15, -0.1) is 0 Å². The molecule has 0 radical (unpaired) electrons. The van der Waals surface area contributed by atoms with Gasteiger partial charge in [-0.2, -0.15) is 4.98 Å². The highest BCUT2D eigenvalue weighted by molar-refractivity contribution is 5.86. The first-order valence-electron chi connectivity index (χ1n) is 8.47. The van der Waals surface area contributed by atoms with Crippen LogP contribution in [0.4, 0.5) is 11.8 Å².